The van der Waals surface area contributed by atoms with Gasteiger partial charge in [-0.1, -0.05) is 48.6 Å². The number of rotatable bonds is 5. The van der Waals surface area contributed by atoms with E-state index in [2.05, 4.69) is 52.7 Å². The zero-order valence-corrected chi connectivity index (χ0v) is 14.3. The van der Waals surface area contributed by atoms with Crippen molar-refractivity contribution in [3.8, 4) is 0 Å². The number of esters is 1. The molecule has 1 saturated heterocycles. The molecule has 1 N–H and O–H groups in total. The van der Waals surface area contributed by atoms with Crippen molar-refractivity contribution < 1.29 is 9.53 Å². The third-order valence-electron chi connectivity index (χ3n) is 4.60. The summed E-state index contributed by atoms with van der Waals surface area (Å²) in [6.45, 7) is 4.66. The molecule has 2 atom stereocenters. The first-order valence-corrected chi connectivity index (χ1v) is 8.85. The predicted molar refractivity (Wildman–Crippen MR) is 95.6 cm³/mol. The number of nitrogens with zero attached hydrogens (tertiary/aromatic N) is 1. The fourth-order valence-electron chi connectivity index (χ4n) is 3.49. The Balaban J connectivity index is 1.84. The van der Waals surface area contributed by atoms with Gasteiger partial charge >= 0.3 is 5.97 Å². The Hall–Kier alpha value is -1.91. The fraction of sp³-hybridized carbons (Fsp3) is 0.450. The first kappa shape index (κ1) is 16.9. The maximum Gasteiger partial charge on any atom is 0.324 e. The smallest absolute Gasteiger partial charge is 0.324 e. The Morgan fingerprint density at radius 3 is 2.88 bits per heavy atom. The van der Waals surface area contributed by atoms with Crippen molar-refractivity contribution in [2.75, 3.05) is 26.2 Å². The molecule has 4 nitrogen and oxygen atoms in total. The molecule has 4 heteroatoms. The van der Waals surface area contributed by atoms with E-state index in [1.54, 1.807) is 0 Å². The molecule has 1 aliphatic heterocycles. The lowest BCUT2D eigenvalue weighted by molar-refractivity contribution is -0.147. The number of benzene rings is 1. The van der Waals surface area contributed by atoms with E-state index >= 15 is 0 Å². The van der Waals surface area contributed by atoms with Gasteiger partial charge in [-0.3, -0.25) is 9.69 Å². The molecule has 24 heavy (non-hydrogen) atoms. The normalized spacial score (nSPS) is 22.7. The Labute approximate surface area is 144 Å². The molecule has 0 aromatic heterocycles. The summed E-state index contributed by atoms with van der Waals surface area (Å²) in [5.74, 6) is -0.151. The van der Waals surface area contributed by atoms with Gasteiger partial charge < -0.3 is 10.1 Å². The van der Waals surface area contributed by atoms with Crippen molar-refractivity contribution >= 4 is 5.97 Å². The van der Waals surface area contributed by atoms with Gasteiger partial charge in [-0.15, -0.1) is 0 Å². The molecule has 1 aliphatic carbocycles. The van der Waals surface area contributed by atoms with Crippen LogP contribution in [-0.2, 0) is 9.53 Å². The molecule has 3 rings (SSSR count). The fourth-order valence-corrected chi connectivity index (χ4v) is 3.49. The number of hydrogen-bond acceptors (Lipinski definition) is 4. The van der Waals surface area contributed by atoms with Gasteiger partial charge in [0, 0.05) is 19.6 Å². The largest absolute Gasteiger partial charge is 0.465 e. The van der Waals surface area contributed by atoms with Crippen molar-refractivity contribution in [1.29, 1.82) is 0 Å². The van der Waals surface area contributed by atoms with Gasteiger partial charge in [-0.05, 0) is 30.9 Å². The first-order valence-electron chi connectivity index (χ1n) is 8.85. The quantitative estimate of drug-likeness (QED) is 0.845. The van der Waals surface area contributed by atoms with Crippen molar-refractivity contribution in [1.82, 2.24) is 10.2 Å². The van der Waals surface area contributed by atoms with Gasteiger partial charge in [0.05, 0.1) is 12.6 Å². The highest BCUT2D eigenvalue weighted by Gasteiger charge is 2.32. The van der Waals surface area contributed by atoms with E-state index < -0.39 is 0 Å². The molecule has 0 amide bonds. The summed E-state index contributed by atoms with van der Waals surface area (Å²) in [5, 5.41) is 3.29. The van der Waals surface area contributed by atoms with Crippen molar-refractivity contribution in [2.45, 2.75) is 31.8 Å². The van der Waals surface area contributed by atoms with Crippen molar-refractivity contribution in [3.05, 3.63) is 59.7 Å². The van der Waals surface area contributed by atoms with Crippen LogP contribution in [0.1, 0.15) is 31.4 Å². The zero-order valence-electron chi connectivity index (χ0n) is 14.3. The monoisotopic (exact) mass is 326 g/mol. The average Bonchev–Trinajstić information content (AvgIpc) is 2.64. The number of carbonyl (C=O) groups is 1. The SMILES string of the molecule is CCOC(=O)C1CN(C(C2=CCCC=C2)c2ccccc2)CCN1. The summed E-state index contributed by atoms with van der Waals surface area (Å²) in [5.41, 5.74) is 2.61. The van der Waals surface area contributed by atoms with E-state index in [4.69, 9.17) is 4.74 Å². The van der Waals surface area contributed by atoms with Crippen LogP contribution in [0.2, 0.25) is 0 Å². The van der Waals surface area contributed by atoms with Crippen LogP contribution in [0, 0.1) is 0 Å². The van der Waals surface area contributed by atoms with Crippen LogP contribution in [-0.4, -0.2) is 43.2 Å². The lowest BCUT2D eigenvalue weighted by Crippen LogP contribution is -2.55. The molecule has 0 radical (unpaired) electrons. The third kappa shape index (κ3) is 3.94. The highest BCUT2D eigenvalue weighted by Crippen LogP contribution is 2.32. The first-order chi connectivity index (χ1) is 11.8. The number of piperazine rings is 1. The molecule has 1 fully saturated rings. The number of ether oxygens (including phenoxy) is 1. The number of carbonyl (C=O) groups excluding carboxylic acids is 1. The molecule has 0 bridgehead atoms. The molecule has 2 aliphatic rings. The Bertz CT molecular complexity index is 609. The summed E-state index contributed by atoms with van der Waals surface area (Å²) in [7, 11) is 0. The van der Waals surface area contributed by atoms with Gasteiger partial charge in [0.25, 0.3) is 0 Å². The Morgan fingerprint density at radius 1 is 1.33 bits per heavy atom. The highest BCUT2D eigenvalue weighted by atomic mass is 16.5. The standard InChI is InChI=1S/C20H26N2O2/c1-2-24-20(23)18-15-22(14-13-21-18)19(16-9-5-3-6-10-16)17-11-7-4-8-12-17/h3,5-7,9-12,18-19,21H,2,4,8,13-15H2,1H3. The summed E-state index contributed by atoms with van der Waals surface area (Å²) in [6, 6.07) is 10.5. The summed E-state index contributed by atoms with van der Waals surface area (Å²) in [4.78, 5) is 14.5. The lowest BCUT2D eigenvalue weighted by Gasteiger charge is -2.39. The second-order valence-electron chi connectivity index (χ2n) is 6.25. The minimum absolute atomic E-state index is 0.151. The molecule has 0 spiro atoms. The van der Waals surface area contributed by atoms with Gasteiger partial charge in [-0.2, -0.15) is 0 Å². The van der Waals surface area contributed by atoms with Crippen LogP contribution < -0.4 is 5.32 Å². The van der Waals surface area contributed by atoms with E-state index in [0.717, 1.165) is 25.9 Å². The molecule has 0 saturated carbocycles. The number of nitrogens with one attached hydrogen (secondary N) is 1. The Morgan fingerprint density at radius 2 is 2.17 bits per heavy atom. The lowest BCUT2D eigenvalue weighted by atomic mass is 9.92. The number of hydrogen-bond donors (Lipinski definition) is 1. The van der Waals surface area contributed by atoms with Gasteiger partial charge in [0.2, 0.25) is 0 Å². The van der Waals surface area contributed by atoms with Crippen molar-refractivity contribution in [2.24, 2.45) is 0 Å². The topological polar surface area (TPSA) is 41.6 Å². The van der Waals surface area contributed by atoms with E-state index in [1.165, 1.54) is 11.1 Å². The molecule has 1 heterocycles. The van der Waals surface area contributed by atoms with Gasteiger partial charge in [-0.25, -0.2) is 0 Å². The van der Waals surface area contributed by atoms with Crippen LogP contribution in [0.3, 0.4) is 0 Å². The maximum absolute atomic E-state index is 12.1. The molecule has 2 unspecified atom stereocenters. The van der Waals surface area contributed by atoms with Gasteiger partial charge in [0.1, 0.15) is 6.04 Å². The minimum atomic E-state index is -0.252. The van der Waals surface area contributed by atoms with Crippen LogP contribution >= 0.6 is 0 Å². The predicted octanol–water partition coefficient (Wildman–Crippen LogP) is 2.84. The van der Waals surface area contributed by atoms with Crippen LogP contribution in [0.15, 0.2) is 54.1 Å². The molecule has 128 valence electrons. The molecular formula is C20H26N2O2. The molecular weight excluding hydrogens is 300 g/mol. The summed E-state index contributed by atoms with van der Waals surface area (Å²) >= 11 is 0. The molecule has 1 aromatic carbocycles. The summed E-state index contributed by atoms with van der Waals surface area (Å²) < 4.78 is 5.20. The van der Waals surface area contributed by atoms with E-state index in [-0.39, 0.29) is 18.1 Å². The second kappa shape index (κ2) is 8.27. The third-order valence-corrected chi connectivity index (χ3v) is 4.60. The minimum Gasteiger partial charge on any atom is -0.465 e. The highest BCUT2D eigenvalue weighted by molar-refractivity contribution is 5.76. The van der Waals surface area contributed by atoms with Crippen molar-refractivity contribution in [3.63, 3.8) is 0 Å². The zero-order chi connectivity index (χ0) is 16.8. The van der Waals surface area contributed by atoms with Crippen LogP contribution in [0.5, 0.6) is 0 Å². The van der Waals surface area contributed by atoms with E-state index in [0.29, 0.717) is 13.2 Å². The average molecular weight is 326 g/mol. The van der Waals surface area contributed by atoms with Crippen LogP contribution in [0.25, 0.3) is 0 Å². The van der Waals surface area contributed by atoms with E-state index in [9.17, 15) is 4.79 Å². The summed E-state index contributed by atoms with van der Waals surface area (Å²) in [6.07, 6.45) is 9.01. The Kier molecular flexibility index (Phi) is 5.83. The maximum atomic E-state index is 12.1. The number of allylic oxidation sites excluding steroid dienone is 2. The second-order valence-corrected chi connectivity index (χ2v) is 6.25. The van der Waals surface area contributed by atoms with Gasteiger partial charge in [0.15, 0.2) is 0 Å². The molecule has 1 aromatic rings. The van der Waals surface area contributed by atoms with E-state index in [1.807, 2.05) is 13.0 Å². The van der Waals surface area contributed by atoms with Crippen LogP contribution in [0.4, 0.5) is 0 Å².